The van der Waals surface area contributed by atoms with Crippen LogP contribution >= 0.6 is 35.3 Å². The van der Waals surface area contributed by atoms with E-state index in [0.29, 0.717) is 6.54 Å². The van der Waals surface area contributed by atoms with Gasteiger partial charge in [-0.15, -0.1) is 35.3 Å². The number of nitrogens with one attached hydrogen (secondary N) is 2. The highest BCUT2D eigenvalue weighted by molar-refractivity contribution is 14.0. The second kappa shape index (κ2) is 12.1. The third-order valence-electron chi connectivity index (χ3n) is 3.78. The van der Waals surface area contributed by atoms with Gasteiger partial charge in [0.05, 0.1) is 18.7 Å². The van der Waals surface area contributed by atoms with E-state index in [9.17, 15) is 0 Å². The van der Waals surface area contributed by atoms with Gasteiger partial charge in [-0.05, 0) is 31.9 Å². The molecule has 0 radical (unpaired) electrons. The van der Waals surface area contributed by atoms with Crippen LogP contribution in [0.25, 0.3) is 0 Å². The summed E-state index contributed by atoms with van der Waals surface area (Å²) in [5, 5.41) is 7.83. The minimum Gasteiger partial charge on any atom is -0.496 e. The van der Waals surface area contributed by atoms with Crippen LogP contribution in [0.2, 0.25) is 0 Å². The van der Waals surface area contributed by atoms with Crippen molar-refractivity contribution in [1.82, 2.24) is 15.6 Å². The van der Waals surface area contributed by atoms with Crippen LogP contribution in [0.4, 0.5) is 0 Å². The smallest absolute Gasteiger partial charge is 0.191 e. The van der Waals surface area contributed by atoms with Crippen LogP contribution in [0.5, 0.6) is 5.75 Å². The maximum Gasteiger partial charge on any atom is 0.191 e. The minimum absolute atomic E-state index is 0. The van der Waals surface area contributed by atoms with Crippen molar-refractivity contribution in [2.45, 2.75) is 40.2 Å². The molecule has 0 aliphatic heterocycles. The molecular weight excluding hydrogens is 459 g/mol. The summed E-state index contributed by atoms with van der Waals surface area (Å²) in [4.78, 5) is 10.5. The number of aryl methyl sites for hydroxylation is 2. The molecular formula is C19H29IN4OS. The molecule has 1 heterocycles. The number of guanidine groups is 1. The second-order valence-corrected chi connectivity index (χ2v) is 6.96. The van der Waals surface area contributed by atoms with Crippen molar-refractivity contribution >= 4 is 41.3 Å². The number of aliphatic imine (C=N–C) groups is 1. The molecule has 144 valence electrons. The van der Waals surface area contributed by atoms with Crippen LogP contribution in [0.1, 0.15) is 34.9 Å². The molecule has 2 rings (SSSR count). The summed E-state index contributed by atoms with van der Waals surface area (Å²) in [6, 6.07) is 6.20. The predicted octanol–water partition coefficient (Wildman–Crippen LogP) is 3.94. The van der Waals surface area contributed by atoms with Crippen molar-refractivity contribution in [1.29, 1.82) is 0 Å². The average molecular weight is 488 g/mol. The van der Waals surface area contributed by atoms with Gasteiger partial charge >= 0.3 is 0 Å². The largest absolute Gasteiger partial charge is 0.496 e. The zero-order valence-corrected chi connectivity index (χ0v) is 19.1. The SMILES string of the molecule is CCNC(=NCc1ccc(C)cc1OC)NCCc1ncc(CC)s1.I. The lowest BCUT2D eigenvalue weighted by Crippen LogP contribution is -2.38. The number of methoxy groups -OCH3 is 1. The molecule has 0 aliphatic rings. The van der Waals surface area contributed by atoms with Gasteiger partial charge in [0.25, 0.3) is 0 Å². The first kappa shape index (κ1) is 22.7. The summed E-state index contributed by atoms with van der Waals surface area (Å²) in [7, 11) is 1.70. The normalized spacial score (nSPS) is 11.0. The van der Waals surface area contributed by atoms with Crippen molar-refractivity contribution in [3.63, 3.8) is 0 Å². The third-order valence-corrected chi connectivity index (χ3v) is 4.98. The third kappa shape index (κ3) is 7.11. The molecule has 1 aromatic carbocycles. The summed E-state index contributed by atoms with van der Waals surface area (Å²) in [6.07, 6.45) is 3.93. The number of hydrogen-bond donors (Lipinski definition) is 2. The van der Waals surface area contributed by atoms with E-state index in [1.807, 2.05) is 12.3 Å². The number of rotatable bonds is 8. The Morgan fingerprint density at radius 3 is 2.73 bits per heavy atom. The molecule has 7 heteroatoms. The number of thiazole rings is 1. The Bertz CT molecular complexity index is 703. The Morgan fingerprint density at radius 1 is 1.27 bits per heavy atom. The molecule has 2 N–H and O–H groups in total. The highest BCUT2D eigenvalue weighted by Gasteiger charge is 2.05. The van der Waals surface area contributed by atoms with Crippen LogP contribution < -0.4 is 15.4 Å². The van der Waals surface area contributed by atoms with E-state index in [4.69, 9.17) is 4.74 Å². The van der Waals surface area contributed by atoms with E-state index in [-0.39, 0.29) is 24.0 Å². The molecule has 0 bridgehead atoms. The van der Waals surface area contributed by atoms with Gasteiger partial charge in [0.2, 0.25) is 0 Å². The minimum atomic E-state index is 0. The Labute approximate surface area is 177 Å². The molecule has 2 aromatic rings. The fourth-order valence-corrected chi connectivity index (χ4v) is 3.27. The zero-order chi connectivity index (χ0) is 18.1. The van der Waals surface area contributed by atoms with E-state index in [2.05, 4.69) is 53.5 Å². The summed E-state index contributed by atoms with van der Waals surface area (Å²) in [6.45, 7) is 8.50. The second-order valence-electron chi connectivity index (χ2n) is 5.76. The molecule has 1 aromatic heterocycles. The molecule has 26 heavy (non-hydrogen) atoms. The lowest BCUT2D eigenvalue weighted by Gasteiger charge is -2.12. The lowest BCUT2D eigenvalue weighted by molar-refractivity contribution is 0.409. The van der Waals surface area contributed by atoms with Crippen molar-refractivity contribution in [3.8, 4) is 5.75 Å². The Balaban J connectivity index is 0.00000338. The van der Waals surface area contributed by atoms with Gasteiger partial charge in [-0.2, -0.15) is 0 Å². The zero-order valence-electron chi connectivity index (χ0n) is 16.0. The number of halogens is 1. The van der Waals surface area contributed by atoms with Crippen molar-refractivity contribution < 1.29 is 4.74 Å². The number of nitrogens with zero attached hydrogens (tertiary/aromatic N) is 2. The molecule has 0 fully saturated rings. The van der Waals surface area contributed by atoms with E-state index >= 15 is 0 Å². The van der Waals surface area contributed by atoms with Crippen molar-refractivity contribution in [2.24, 2.45) is 4.99 Å². The first-order valence-corrected chi connectivity index (χ1v) is 9.57. The number of aromatic nitrogens is 1. The number of benzene rings is 1. The summed E-state index contributed by atoms with van der Waals surface area (Å²) in [5.41, 5.74) is 2.27. The predicted molar refractivity (Wildman–Crippen MR) is 121 cm³/mol. The number of hydrogen-bond acceptors (Lipinski definition) is 4. The molecule has 5 nitrogen and oxygen atoms in total. The first-order valence-electron chi connectivity index (χ1n) is 8.75. The number of ether oxygens (including phenoxy) is 1. The van der Waals surface area contributed by atoms with Crippen LogP contribution in [0, 0.1) is 6.92 Å². The molecule has 0 amide bonds. The monoisotopic (exact) mass is 488 g/mol. The summed E-state index contributed by atoms with van der Waals surface area (Å²) >= 11 is 1.79. The summed E-state index contributed by atoms with van der Waals surface area (Å²) in [5.74, 6) is 1.70. The maximum absolute atomic E-state index is 5.45. The molecule has 0 saturated carbocycles. The molecule has 0 unspecified atom stereocenters. The van der Waals surface area contributed by atoms with E-state index in [0.717, 1.165) is 43.2 Å². The van der Waals surface area contributed by atoms with Gasteiger partial charge in [0.1, 0.15) is 5.75 Å². The fourth-order valence-electron chi connectivity index (χ4n) is 2.40. The maximum atomic E-state index is 5.45. The van der Waals surface area contributed by atoms with Gasteiger partial charge in [0.15, 0.2) is 5.96 Å². The quantitative estimate of drug-likeness (QED) is 0.336. The van der Waals surface area contributed by atoms with Crippen molar-refractivity contribution in [2.75, 3.05) is 20.2 Å². The van der Waals surface area contributed by atoms with Crippen LogP contribution in [0.15, 0.2) is 29.4 Å². The van der Waals surface area contributed by atoms with E-state index in [1.165, 1.54) is 15.4 Å². The van der Waals surface area contributed by atoms with Gasteiger partial charge in [-0.1, -0.05) is 19.1 Å². The van der Waals surface area contributed by atoms with Crippen LogP contribution in [-0.4, -0.2) is 31.1 Å². The molecule has 0 saturated heterocycles. The molecule has 0 spiro atoms. The van der Waals surface area contributed by atoms with Gasteiger partial charge in [0, 0.05) is 36.1 Å². The fraction of sp³-hybridized carbons (Fsp3) is 0.474. The average Bonchev–Trinajstić information content (AvgIpc) is 3.08. The molecule has 0 atom stereocenters. The molecule has 0 aliphatic carbocycles. The van der Waals surface area contributed by atoms with E-state index in [1.54, 1.807) is 18.4 Å². The van der Waals surface area contributed by atoms with Crippen LogP contribution in [-0.2, 0) is 19.4 Å². The highest BCUT2D eigenvalue weighted by Crippen LogP contribution is 2.20. The van der Waals surface area contributed by atoms with Gasteiger partial charge < -0.3 is 15.4 Å². The van der Waals surface area contributed by atoms with Gasteiger partial charge in [-0.3, -0.25) is 0 Å². The van der Waals surface area contributed by atoms with Crippen molar-refractivity contribution in [3.05, 3.63) is 45.4 Å². The standard InChI is InChI=1S/C19H28N4OS.HI/c1-5-16-13-22-18(25-16)9-10-21-19(20-6-2)23-12-15-8-7-14(3)11-17(15)24-4;/h7-8,11,13H,5-6,9-10,12H2,1-4H3,(H2,20,21,23);1H. The highest BCUT2D eigenvalue weighted by atomic mass is 127. The lowest BCUT2D eigenvalue weighted by atomic mass is 10.1. The first-order chi connectivity index (χ1) is 12.2. The Kier molecular flexibility index (Phi) is 10.6. The summed E-state index contributed by atoms with van der Waals surface area (Å²) < 4.78 is 5.45. The van der Waals surface area contributed by atoms with E-state index < -0.39 is 0 Å². The Hall–Kier alpha value is -1.35. The van der Waals surface area contributed by atoms with Gasteiger partial charge in [-0.25, -0.2) is 9.98 Å². The topological polar surface area (TPSA) is 58.5 Å². The Morgan fingerprint density at radius 2 is 2.08 bits per heavy atom. The van der Waals surface area contributed by atoms with Crippen LogP contribution in [0.3, 0.4) is 0 Å².